The minimum absolute atomic E-state index is 0.0119. The van der Waals surface area contributed by atoms with Crippen molar-refractivity contribution in [1.82, 2.24) is 9.88 Å². The second kappa shape index (κ2) is 6.13. The van der Waals surface area contributed by atoms with Gasteiger partial charge in [0.25, 0.3) is 17.5 Å². The van der Waals surface area contributed by atoms with Crippen LogP contribution >= 0.6 is 0 Å². The number of rotatable bonds is 4. The fourth-order valence-electron chi connectivity index (χ4n) is 2.97. The number of carbonyl (C=O) groups is 2. The molecule has 0 atom stereocenters. The zero-order chi connectivity index (χ0) is 19.1. The third-order valence-corrected chi connectivity index (χ3v) is 4.29. The number of non-ortho nitro benzene ring substituents is 1. The maximum Gasteiger partial charge on any atom is 0.346 e. The van der Waals surface area contributed by atoms with Crippen molar-refractivity contribution in [2.75, 3.05) is 6.54 Å². The molecule has 27 heavy (non-hydrogen) atoms. The number of aromatic nitrogens is 1. The predicted octanol–water partition coefficient (Wildman–Crippen LogP) is 1.93. The standard InChI is InChI=1S/C18H11N3O6/c22-16-11-6-5-10(21(25)26)9-13(11)17(23)20(16)8-7-15-19-14-4-2-1-3-12(14)18(24)27-15/h1-6,9H,7-8H2. The van der Waals surface area contributed by atoms with Crippen LogP contribution < -0.4 is 5.63 Å². The fourth-order valence-corrected chi connectivity index (χ4v) is 2.97. The van der Waals surface area contributed by atoms with E-state index in [4.69, 9.17) is 4.42 Å². The van der Waals surface area contributed by atoms with Crippen LogP contribution in [0.3, 0.4) is 0 Å². The van der Waals surface area contributed by atoms with E-state index in [9.17, 15) is 24.5 Å². The minimum atomic E-state index is -0.631. The van der Waals surface area contributed by atoms with Gasteiger partial charge in [-0.3, -0.25) is 24.6 Å². The molecule has 0 saturated heterocycles. The minimum Gasteiger partial charge on any atom is -0.408 e. The molecule has 3 aromatic rings. The monoisotopic (exact) mass is 365 g/mol. The van der Waals surface area contributed by atoms with E-state index in [0.717, 1.165) is 11.0 Å². The molecule has 0 radical (unpaired) electrons. The lowest BCUT2D eigenvalue weighted by Gasteiger charge is -2.12. The highest BCUT2D eigenvalue weighted by atomic mass is 16.6. The average Bonchev–Trinajstić information content (AvgIpc) is 2.90. The van der Waals surface area contributed by atoms with Crippen LogP contribution in [-0.2, 0) is 6.42 Å². The number of carbonyl (C=O) groups excluding carboxylic acids is 2. The molecule has 9 nitrogen and oxygen atoms in total. The molecule has 2 heterocycles. The summed E-state index contributed by atoms with van der Waals surface area (Å²) in [4.78, 5) is 52.3. The van der Waals surface area contributed by atoms with E-state index in [-0.39, 0.29) is 35.7 Å². The van der Waals surface area contributed by atoms with E-state index in [1.807, 2.05) is 0 Å². The van der Waals surface area contributed by atoms with Crippen molar-refractivity contribution >= 4 is 28.4 Å². The van der Waals surface area contributed by atoms with Gasteiger partial charge < -0.3 is 4.42 Å². The van der Waals surface area contributed by atoms with Crippen LogP contribution in [0.4, 0.5) is 5.69 Å². The van der Waals surface area contributed by atoms with Crippen LogP contribution in [0.1, 0.15) is 26.6 Å². The number of imide groups is 1. The Morgan fingerprint density at radius 1 is 1.04 bits per heavy atom. The molecule has 2 aromatic carbocycles. The van der Waals surface area contributed by atoms with E-state index in [1.165, 1.54) is 12.1 Å². The van der Waals surface area contributed by atoms with Gasteiger partial charge in [-0.25, -0.2) is 9.78 Å². The van der Waals surface area contributed by atoms with E-state index >= 15 is 0 Å². The van der Waals surface area contributed by atoms with Gasteiger partial charge in [-0.2, -0.15) is 0 Å². The molecule has 1 aliphatic heterocycles. The van der Waals surface area contributed by atoms with E-state index in [0.29, 0.717) is 10.9 Å². The number of hydrogen-bond acceptors (Lipinski definition) is 7. The Morgan fingerprint density at radius 3 is 2.56 bits per heavy atom. The van der Waals surface area contributed by atoms with Crippen molar-refractivity contribution in [3.63, 3.8) is 0 Å². The molecule has 0 fully saturated rings. The zero-order valence-corrected chi connectivity index (χ0v) is 13.7. The van der Waals surface area contributed by atoms with Crippen LogP contribution in [0.2, 0.25) is 0 Å². The van der Waals surface area contributed by atoms with Gasteiger partial charge in [0.15, 0.2) is 0 Å². The molecule has 0 bridgehead atoms. The highest BCUT2D eigenvalue weighted by molar-refractivity contribution is 6.21. The molecule has 0 N–H and O–H groups in total. The summed E-state index contributed by atoms with van der Waals surface area (Å²) in [6.45, 7) is -0.0611. The van der Waals surface area contributed by atoms with Crippen LogP contribution in [0.15, 0.2) is 51.7 Å². The van der Waals surface area contributed by atoms with Gasteiger partial charge >= 0.3 is 5.63 Å². The zero-order valence-electron chi connectivity index (χ0n) is 13.7. The molecule has 9 heteroatoms. The maximum absolute atomic E-state index is 12.5. The average molecular weight is 365 g/mol. The van der Waals surface area contributed by atoms with Gasteiger partial charge in [0.05, 0.1) is 27.0 Å². The molecule has 0 spiro atoms. The summed E-state index contributed by atoms with van der Waals surface area (Å²) in [6, 6.07) is 10.2. The lowest BCUT2D eigenvalue weighted by atomic mass is 10.1. The largest absolute Gasteiger partial charge is 0.408 e. The Balaban J connectivity index is 1.59. The lowest BCUT2D eigenvalue weighted by Crippen LogP contribution is -2.32. The normalized spacial score (nSPS) is 13.3. The first-order valence-corrected chi connectivity index (χ1v) is 7.99. The van der Waals surface area contributed by atoms with Crippen LogP contribution in [-0.4, -0.2) is 33.2 Å². The number of nitro benzene ring substituents is 1. The summed E-state index contributed by atoms with van der Waals surface area (Å²) < 4.78 is 5.14. The van der Waals surface area contributed by atoms with Gasteiger partial charge in [-0.15, -0.1) is 0 Å². The van der Waals surface area contributed by atoms with Crippen molar-refractivity contribution in [1.29, 1.82) is 0 Å². The molecule has 1 aromatic heterocycles. The van der Waals surface area contributed by atoms with Crippen molar-refractivity contribution < 1.29 is 18.9 Å². The summed E-state index contributed by atoms with van der Waals surface area (Å²) in [5.74, 6) is -1.07. The first-order valence-electron chi connectivity index (χ1n) is 7.99. The van der Waals surface area contributed by atoms with Crippen LogP contribution in [0, 0.1) is 10.1 Å². The molecule has 4 rings (SSSR count). The van der Waals surface area contributed by atoms with Crippen molar-refractivity contribution in [3.05, 3.63) is 80.0 Å². The van der Waals surface area contributed by atoms with Gasteiger partial charge in [0, 0.05) is 25.1 Å². The SMILES string of the molecule is O=C1c2ccc([N+](=O)[O-])cc2C(=O)N1CCc1nc2ccccc2c(=O)o1. The van der Waals surface area contributed by atoms with Gasteiger partial charge in [-0.05, 0) is 18.2 Å². The summed E-state index contributed by atoms with van der Waals surface area (Å²) in [5.41, 5.74) is -0.255. The number of amides is 2. The molecular weight excluding hydrogens is 354 g/mol. The third-order valence-electron chi connectivity index (χ3n) is 4.29. The number of fused-ring (bicyclic) bond motifs is 2. The summed E-state index contributed by atoms with van der Waals surface area (Å²) in [7, 11) is 0. The van der Waals surface area contributed by atoms with E-state index < -0.39 is 22.4 Å². The molecular formula is C18H11N3O6. The van der Waals surface area contributed by atoms with E-state index in [2.05, 4.69) is 4.98 Å². The summed E-state index contributed by atoms with van der Waals surface area (Å²) in [5, 5.41) is 11.2. The number of hydrogen-bond donors (Lipinski definition) is 0. The molecule has 0 aliphatic carbocycles. The third kappa shape index (κ3) is 2.74. The highest BCUT2D eigenvalue weighted by Gasteiger charge is 2.36. The topological polar surface area (TPSA) is 124 Å². The number of para-hydroxylation sites is 1. The molecule has 1 aliphatic rings. The molecule has 134 valence electrons. The van der Waals surface area contributed by atoms with Crippen LogP contribution in [0.25, 0.3) is 10.9 Å². The first kappa shape index (κ1) is 16.6. The smallest absolute Gasteiger partial charge is 0.346 e. The van der Waals surface area contributed by atoms with Gasteiger partial charge in [0.1, 0.15) is 0 Å². The summed E-state index contributed by atoms with van der Waals surface area (Å²) in [6.07, 6.45) is 0.0492. The second-order valence-corrected chi connectivity index (χ2v) is 5.91. The summed E-state index contributed by atoms with van der Waals surface area (Å²) >= 11 is 0. The van der Waals surface area contributed by atoms with Gasteiger partial charge in [-0.1, -0.05) is 12.1 Å². The quantitative estimate of drug-likeness (QED) is 0.393. The Bertz CT molecular complexity index is 1180. The van der Waals surface area contributed by atoms with Gasteiger partial charge in [0.2, 0.25) is 5.89 Å². The Hall–Kier alpha value is -3.88. The second-order valence-electron chi connectivity index (χ2n) is 5.91. The Kier molecular flexibility index (Phi) is 3.76. The van der Waals surface area contributed by atoms with Crippen molar-refractivity contribution in [2.45, 2.75) is 6.42 Å². The van der Waals surface area contributed by atoms with Crippen LogP contribution in [0.5, 0.6) is 0 Å². The molecule has 2 amide bonds. The Labute approximate surface area is 151 Å². The fraction of sp³-hybridized carbons (Fsp3) is 0.111. The number of nitrogens with zero attached hydrogens (tertiary/aromatic N) is 3. The lowest BCUT2D eigenvalue weighted by molar-refractivity contribution is -0.384. The number of nitro groups is 1. The van der Waals surface area contributed by atoms with E-state index in [1.54, 1.807) is 24.3 Å². The highest BCUT2D eigenvalue weighted by Crippen LogP contribution is 2.26. The number of benzene rings is 2. The first-order chi connectivity index (χ1) is 13.0. The van der Waals surface area contributed by atoms with Crippen molar-refractivity contribution in [3.8, 4) is 0 Å². The molecule has 0 saturated carbocycles. The maximum atomic E-state index is 12.5. The predicted molar refractivity (Wildman–Crippen MR) is 92.4 cm³/mol. The van der Waals surface area contributed by atoms with Crippen molar-refractivity contribution in [2.24, 2.45) is 0 Å². The molecule has 0 unspecified atom stereocenters. The Morgan fingerprint density at radius 2 is 1.78 bits per heavy atom.